The van der Waals surface area contributed by atoms with Crippen LogP contribution in [-0.2, 0) is 0 Å². The summed E-state index contributed by atoms with van der Waals surface area (Å²) < 4.78 is 0. The molecule has 4 aromatic rings. The van der Waals surface area contributed by atoms with E-state index in [1.54, 1.807) is 0 Å². The Bertz CT molecular complexity index is 967. The molecule has 0 radical (unpaired) electrons. The molecule has 0 N–H and O–H groups in total. The summed E-state index contributed by atoms with van der Waals surface area (Å²) in [5, 5.41) is 7.86. The average molecular weight is 271 g/mol. The van der Waals surface area contributed by atoms with Gasteiger partial charge in [0, 0.05) is 25.2 Å². The summed E-state index contributed by atoms with van der Waals surface area (Å²) in [6.45, 7) is 0. The minimum absolute atomic E-state index is 1.27. The fourth-order valence-electron chi connectivity index (χ4n) is 3.15. The van der Waals surface area contributed by atoms with Crippen molar-refractivity contribution in [2.24, 2.45) is 0 Å². The largest absolute Gasteiger partial charge is 0.377 e. The van der Waals surface area contributed by atoms with Crippen molar-refractivity contribution in [2.45, 2.75) is 0 Å². The summed E-state index contributed by atoms with van der Waals surface area (Å²) >= 11 is 0. The van der Waals surface area contributed by atoms with Gasteiger partial charge in [-0.3, -0.25) is 0 Å². The number of benzene rings is 4. The Hall–Kier alpha value is -2.54. The van der Waals surface area contributed by atoms with Crippen molar-refractivity contribution in [1.82, 2.24) is 0 Å². The predicted molar refractivity (Wildman–Crippen MR) is 93.3 cm³/mol. The lowest BCUT2D eigenvalue weighted by Crippen LogP contribution is -2.08. The van der Waals surface area contributed by atoms with E-state index in [9.17, 15) is 0 Å². The lowest BCUT2D eigenvalue weighted by atomic mass is 9.97. The van der Waals surface area contributed by atoms with Crippen molar-refractivity contribution in [1.29, 1.82) is 0 Å². The van der Waals surface area contributed by atoms with E-state index in [2.05, 4.69) is 85.7 Å². The van der Waals surface area contributed by atoms with Crippen molar-refractivity contribution in [3.05, 3.63) is 66.7 Å². The smallest absolute Gasteiger partial charge is 0.0447 e. The molecule has 0 saturated heterocycles. The second kappa shape index (κ2) is 4.49. The van der Waals surface area contributed by atoms with E-state index in [-0.39, 0.29) is 0 Å². The quantitative estimate of drug-likeness (QED) is 0.339. The fourth-order valence-corrected chi connectivity index (χ4v) is 3.15. The number of fused-ring (bicyclic) bond motifs is 4. The Labute approximate surface area is 124 Å². The van der Waals surface area contributed by atoms with Crippen LogP contribution in [0.1, 0.15) is 0 Å². The van der Waals surface area contributed by atoms with E-state index in [0.717, 1.165) is 0 Å². The summed E-state index contributed by atoms with van der Waals surface area (Å²) in [6, 6.07) is 24.1. The first-order chi connectivity index (χ1) is 10.2. The summed E-state index contributed by atoms with van der Waals surface area (Å²) in [5.41, 5.74) is 1.27. The van der Waals surface area contributed by atoms with Crippen LogP contribution in [0.2, 0.25) is 0 Å². The van der Waals surface area contributed by atoms with Crippen LogP contribution >= 0.6 is 0 Å². The number of hydrogen-bond acceptors (Lipinski definition) is 1. The Balaban J connectivity index is 2.24. The molecule has 1 heteroatoms. The third kappa shape index (κ3) is 1.85. The van der Waals surface area contributed by atoms with Gasteiger partial charge in [0.1, 0.15) is 0 Å². The average Bonchev–Trinajstić information content (AvgIpc) is 2.52. The van der Waals surface area contributed by atoms with Gasteiger partial charge in [-0.05, 0) is 45.1 Å². The maximum atomic E-state index is 2.32. The molecule has 4 rings (SSSR count). The van der Waals surface area contributed by atoms with Crippen molar-refractivity contribution in [2.75, 3.05) is 19.0 Å². The number of rotatable bonds is 1. The molecule has 0 bridgehead atoms. The third-order valence-corrected chi connectivity index (χ3v) is 4.19. The first-order valence-corrected chi connectivity index (χ1v) is 7.25. The van der Waals surface area contributed by atoms with Gasteiger partial charge < -0.3 is 4.90 Å². The van der Waals surface area contributed by atoms with Gasteiger partial charge in [-0.15, -0.1) is 0 Å². The van der Waals surface area contributed by atoms with Gasteiger partial charge in [-0.1, -0.05) is 48.5 Å². The second-order valence-corrected chi connectivity index (χ2v) is 5.76. The van der Waals surface area contributed by atoms with E-state index < -0.39 is 0 Å². The first-order valence-electron chi connectivity index (χ1n) is 7.25. The molecule has 0 spiro atoms. The van der Waals surface area contributed by atoms with E-state index in [4.69, 9.17) is 0 Å². The molecule has 0 unspecified atom stereocenters. The molecule has 0 fully saturated rings. The Morgan fingerprint density at radius 2 is 1.29 bits per heavy atom. The molecule has 0 saturated carbocycles. The topological polar surface area (TPSA) is 3.24 Å². The molecule has 0 aliphatic heterocycles. The van der Waals surface area contributed by atoms with Gasteiger partial charge in [0.25, 0.3) is 0 Å². The Morgan fingerprint density at radius 1 is 0.619 bits per heavy atom. The van der Waals surface area contributed by atoms with Crippen molar-refractivity contribution in [3.63, 3.8) is 0 Å². The molecule has 1 nitrogen and oxygen atoms in total. The predicted octanol–water partition coefficient (Wildman–Crippen LogP) is 5.21. The highest BCUT2D eigenvalue weighted by Crippen LogP contribution is 2.34. The van der Waals surface area contributed by atoms with E-state index >= 15 is 0 Å². The van der Waals surface area contributed by atoms with Crippen molar-refractivity contribution >= 4 is 38.0 Å². The monoisotopic (exact) mass is 271 g/mol. The maximum Gasteiger partial charge on any atom is 0.0447 e. The van der Waals surface area contributed by atoms with E-state index in [1.165, 1.54) is 38.0 Å². The number of hydrogen-bond donors (Lipinski definition) is 0. The lowest BCUT2D eigenvalue weighted by Gasteiger charge is -2.17. The van der Waals surface area contributed by atoms with Crippen LogP contribution < -0.4 is 4.90 Å². The van der Waals surface area contributed by atoms with Gasteiger partial charge in [-0.25, -0.2) is 0 Å². The maximum absolute atomic E-state index is 2.32. The summed E-state index contributed by atoms with van der Waals surface area (Å²) in [6.07, 6.45) is 0. The summed E-state index contributed by atoms with van der Waals surface area (Å²) in [5.74, 6) is 0. The van der Waals surface area contributed by atoms with Crippen molar-refractivity contribution < 1.29 is 0 Å². The van der Waals surface area contributed by atoms with E-state index in [1.807, 2.05) is 0 Å². The van der Waals surface area contributed by atoms with Gasteiger partial charge in [0.05, 0.1) is 0 Å². The first kappa shape index (κ1) is 12.2. The third-order valence-electron chi connectivity index (χ3n) is 4.19. The van der Waals surface area contributed by atoms with Crippen LogP contribution in [0.3, 0.4) is 0 Å². The fraction of sp³-hybridized carbons (Fsp3) is 0.100. The number of nitrogens with zero attached hydrogens (tertiary/aromatic N) is 1. The zero-order chi connectivity index (χ0) is 14.4. The highest BCUT2D eigenvalue weighted by atomic mass is 15.1. The molecule has 0 aliphatic carbocycles. The van der Waals surface area contributed by atoms with Crippen LogP contribution in [0.15, 0.2) is 66.7 Å². The van der Waals surface area contributed by atoms with Crippen LogP contribution in [0.4, 0.5) is 5.69 Å². The molecule has 0 atom stereocenters. The molecule has 0 aliphatic rings. The van der Waals surface area contributed by atoms with Crippen LogP contribution in [-0.4, -0.2) is 14.1 Å². The molecule has 4 aromatic carbocycles. The molecule has 0 aromatic heterocycles. The SMILES string of the molecule is CN(C)c1cccc2ccc3cc4ccccc4cc3c12. The van der Waals surface area contributed by atoms with Gasteiger partial charge >= 0.3 is 0 Å². The van der Waals surface area contributed by atoms with Gasteiger partial charge in [0.2, 0.25) is 0 Å². The van der Waals surface area contributed by atoms with Crippen LogP contribution in [0.5, 0.6) is 0 Å². The van der Waals surface area contributed by atoms with Crippen molar-refractivity contribution in [3.8, 4) is 0 Å². The molecule has 102 valence electrons. The second-order valence-electron chi connectivity index (χ2n) is 5.76. The minimum atomic E-state index is 1.27. The Kier molecular flexibility index (Phi) is 2.61. The highest BCUT2D eigenvalue weighted by Gasteiger charge is 2.08. The van der Waals surface area contributed by atoms with Crippen LogP contribution in [0.25, 0.3) is 32.3 Å². The highest BCUT2D eigenvalue weighted by molar-refractivity contribution is 6.16. The normalized spacial score (nSPS) is 11.3. The zero-order valence-electron chi connectivity index (χ0n) is 12.3. The lowest BCUT2D eigenvalue weighted by molar-refractivity contribution is 1.14. The van der Waals surface area contributed by atoms with E-state index in [0.29, 0.717) is 0 Å². The minimum Gasteiger partial charge on any atom is -0.377 e. The molecular weight excluding hydrogens is 254 g/mol. The Morgan fingerprint density at radius 3 is 2.05 bits per heavy atom. The van der Waals surface area contributed by atoms with Crippen LogP contribution in [0, 0.1) is 0 Å². The van der Waals surface area contributed by atoms with Gasteiger partial charge in [0.15, 0.2) is 0 Å². The molecule has 21 heavy (non-hydrogen) atoms. The summed E-state index contributed by atoms with van der Waals surface area (Å²) in [7, 11) is 4.21. The molecule has 0 heterocycles. The zero-order valence-corrected chi connectivity index (χ0v) is 12.3. The standard InChI is InChI=1S/C20H17N/c1-21(2)19-9-5-8-14-10-11-17-12-15-6-3-4-7-16(15)13-18(17)20(14)19/h3-13H,1-2H3. The van der Waals surface area contributed by atoms with Gasteiger partial charge in [-0.2, -0.15) is 0 Å². The summed E-state index contributed by atoms with van der Waals surface area (Å²) in [4.78, 5) is 2.19. The molecular formula is C20H17N. The molecule has 0 amide bonds. The number of anilines is 1.